The van der Waals surface area contributed by atoms with Crippen molar-refractivity contribution in [1.29, 1.82) is 0 Å². The maximum atomic E-state index is 3.77. The third-order valence-corrected chi connectivity index (χ3v) is 2.64. The summed E-state index contributed by atoms with van der Waals surface area (Å²) in [4.78, 5) is 2.51. The highest BCUT2D eigenvalue weighted by molar-refractivity contribution is 4.82. The van der Waals surface area contributed by atoms with Gasteiger partial charge in [0.25, 0.3) is 0 Å². The molecule has 1 heterocycles. The van der Waals surface area contributed by atoms with Crippen molar-refractivity contribution in [1.82, 2.24) is 4.90 Å². The second-order valence-corrected chi connectivity index (χ2v) is 3.76. The Bertz CT molecular complexity index is 131. The van der Waals surface area contributed by atoms with Crippen molar-refractivity contribution in [3.8, 4) is 0 Å². The third kappa shape index (κ3) is 2.33. The molecule has 0 saturated carbocycles. The summed E-state index contributed by atoms with van der Waals surface area (Å²) in [5, 5.41) is 0. The molecule has 0 radical (unpaired) electrons. The molecule has 0 unspecified atom stereocenters. The number of piperidine rings is 1. The predicted molar refractivity (Wildman–Crippen MR) is 49.6 cm³/mol. The number of rotatable bonds is 2. The number of likely N-dealkylation sites (tertiary alicyclic amines) is 1. The molecule has 11 heavy (non-hydrogen) atoms. The Kier molecular flexibility index (Phi) is 3.13. The van der Waals surface area contributed by atoms with Crippen LogP contribution in [-0.2, 0) is 0 Å². The molecule has 0 amide bonds. The summed E-state index contributed by atoms with van der Waals surface area (Å²) in [5.74, 6) is 0.922. The lowest BCUT2D eigenvalue weighted by atomic mass is 9.93. The molecular weight excluding hydrogens is 134 g/mol. The van der Waals surface area contributed by atoms with E-state index in [2.05, 4.69) is 25.3 Å². The molecule has 0 aliphatic carbocycles. The van der Waals surface area contributed by atoms with Crippen LogP contribution in [0.25, 0.3) is 0 Å². The summed E-state index contributed by atoms with van der Waals surface area (Å²) >= 11 is 0. The van der Waals surface area contributed by atoms with Crippen molar-refractivity contribution in [2.75, 3.05) is 13.1 Å². The van der Waals surface area contributed by atoms with Gasteiger partial charge in [0.15, 0.2) is 0 Å². The van der Waals surface area contributed by atoms with E-state index in [1.807, 2.05) is 6.08 Å². The smallest absolute Gasteiger partial charge is 0.0163 e. The molecule has 1 aliphatic heterocycles. The first-order chi connectivity index (χ1) is 5.24. The lowest BCUT2D eigenvalue weighted by Gasteiger charge is -2.35. The molecule has 1 nitrogen and oxygen atoms in total. The fourth-order valence-electron chi connectivity index (χ4n) is 1.89. The highest BCUT2D eigenvalue weighted by atomic mass is 15.1. The van der Waals surface area contributed by atoms with E-state index in [-0.39, 0.29) is 0 Å². The zero-order valence-electron chi connectivity index (χ0n) is 7.71. The van der Waals surface area contributed by atoms with Gasteiger partial charge in [0.05, 0.1) is 0 Å². The van der Waals surface area contributed by atoms with Gasteiger partial charge in [0, 0.05) is 12.6 Å². The van der Waals surface area contributed by atoms with Gasteiger partial charge in [-0.3, -0.25) is 4.90 Å². The molecule has 0 aromatic carbocycles. The fourth-order valence-corrected chi connectivity index (χ4v) is 1.89. The van der Waals surface area contributed by atoms with Gasteiger partial charge in [-0.15, -0.1) is 6.58 Å². The standard InChI is InChI=1S/C10H19N/c1-4-6-11-7-5-9(2)8-10(11)3/h4,9-10H,1,5-8H2,2-3H3/t9-,10-/m0/s1. The molecular formula is C10H19N. The first kappa shape index (κ1) is 8.79. The maximum absolute atomic E-state index is 3.77. The molecule has 2 atom stereocenters. The Balaban J connectivity index is 2.37. The number of nitrogens with zero attached hydrogens (tertiary/aromatic N) is 1. The minimum absolute atomic E-state index is 0.761. The van der Waals surface area contributed by atoms with Crippen molar-refractivity contribution >= 4 is 0 Å². The van der Waals surface area contributed by atoms with Crippen LogP contribution in [0.1, 0.15) is 26.7 Å². The van der Waals surface area contributed by atoms with Crippen LogP contribution < -0.4 is 0 Å². The molecule has 1 heteroatoms. The van der Waals surface area contributed by atoms with Crippen molar-refractivity contribution in [3.05, 3.63) is 12.7 Å². The first-order valence-electron chi connectivity index (χ1n) is 4.59. The molecule has 1 saturated heterocycles. The van der Waals surface area contributed by atoms with Crippen LogP contribution in [0.2, 0.25) is 0 Å². The van der Waals surface area contributed by atoms with Crippen LogP contribution in [0, 0.1) is 5.92 Å². The molecule has 0 bridgehead atoms. The predicted octanol–water partition coefficient (Wildman–Crippen LogP) is 2.29. The van der Waals surface area contributed by atoms with E-state index < -0.39 is 0 Å². The number of hydrogen-bond donors (Lipinski definition) is 0. The van der Waals surface area contributed by atoms with Crippen molar-refractivity contribution < 1.29 is 0 Å². The number of hydrogen-bond acceptors (Lipinski definition) is 1. The highest BCUT2D eigenvalue weighted by Gasteiger charge is 2.20. The largest absolute Gasteiger partial charge is 0.297 e. The van der Waals surface area contributed by atoms with Gasteiger partial charge in [-0.1, -0.05) is 13.0 Å². The van der Waals surface area contributed by atoms with E-state index in [1.165, 1.54) is 19.4 Å². The minimum Gasteiger partial charge on any atom is -0.297 e. The molecule has 1 aliphatic rings. The van der Waals surface area contributed by atoms with Crippen molar-refractivity contribution in [3.63, 3.8) is 0 Å². The Morgan fingerprint density at radius 1 is 1.55 bits per heavy atom. The van der Waals surface area contributed by atoms with Gasteiger partial charge < -0.3 is 0 Å². The van der Waals surface area contributed by atoms with Crippen LogP contribution >= 0.6 is 0 Å². The van der Waals surface area contributed by atoms with Gasteiger partial charge in [-0.05, 0) is 32.2 Å². The van der Waals surface area contributed by atoms with Crippen LogP contribution in [0.5, 0.6) is 0 Å². The molecule has 0 aromatic rings. The average Bonchev–Trinajstić information content (AvgIpc) is 1.95. The maximum Gasteiger partial charge on any atom is 0.0163 e. The Morgan fingerprint density at radius 2 is 2.27 bits per heavy atom. The zero-order valence-corrected chi connectivity index (χ0v) is 7.71. The summed E-state index contributed by atoms with van der Waals surface area (Å²) < 4.78 is 0. The highest BCUT2D eigenvalue weighted by Crippen LogP contribution is 2.21. The van der Waals surface area contributed by atoms with Crippen molar-refractivity contribution in [2.45, 2.75) is 32.7 Å². The van der Waals surface area contributed by atoms with Gasteiger partial charge in [0.1, 0.15) is 0 Å². The van der Waals surface area contributed by atoms with E-state index in [0.29, 0.717) is 0 Å². The van der Waals surface area contributed by atoms with E-state index in [1.54, 1.807) is 0 Å². The lowest BCUT2D eigenvalue weighted by Crippen LogP contribution is -2.40. The third-order valence-electron chi connectivity index (χ3n) is 2.64. The van der Waals surface area contributed by atoms with E-state index in [0.717, 1.165) is 18.5 Å². The van der Waals surface area contributed by atoms with Crippen LogP contribution in [0.4, 0.5) is 0 Å². The Hall–Kier alpha value is -0.300. The molecule has 64 valence electrons. The molecule has 0 spiro atoms. The quantitative estimate of drug-likeness (QED) is 0.550. The second-order valence-electron chi connectivity index (χ2n) is 3.76. The normalized spacial score (nSPS) is 33.6. The van der Waals surface area contributed by atoms with E-state index >= 15 is 0 Å². The van der Waals surface area contributed by atoms with E-state index in [4.69, 9.17) is 0 Å². The van der Waals surface area contributed by atoms with Crippen LogP contribution in [0.15, 0.2) is 12.7 Å². The fraction of sp³-hybridized carbons (Fsp3) is 0.800. The van der Waals surface area contributed by atoms with E-state index in [9.17, 15) is 0 Å². The summed E-state index contributed by atoms with van der Waals surface area (Å²) in [5.41, 5.74) is 0. The summed E-state index contributed by atoms with van der Waals surface area (Å²) in [6.45, 7) is 10.8. The first-order valence-corrected chi connectivity index (χ1v) is 4.59. The molecule has 0 N–H and O–H groups in total. The van der Waals surface area contributed by atoms with Gasteiger partial charge in [-0.25, -0.2) is 0 Å². The topological polar surface area (TPSA) is 3.24 Å². The molecule has 1 rings (SSSR count). The summed E-state index contributed by atoms with van der Waals surface area (Å²) in [7, 11) is 0. The van der Waals surface area contributed by atoms with Gasteiger partial charge >= 0.3 is 0 Å². The zero-order chi connectivity index (χ0) is 8.27. The van der Waals surface area contributed by atoms with Gasteiger partial charge in [-0.2, -0.15) is 0 Å². The monoisotopic (exact) mass is 153 g/mol. The van der Waals surface area contributed by atoms with Crippen LogP contribution in [0.3, 0.4) is 0 Å². The lowest BCUT2D eigenvalue weighted by molar-refractivity contribution is 0.144. The van der Waals surface area contributed by atoms with Gasteiger partial charge in [0.2, 0.25) is 0 Å². The molecule has 0 aromatic heterocycles. The Morgan fingerprint density at radius 3 is 2.82 bits per heavy atom. The van der Waals surface area contributed by atoms with Crippen molar-refractivity contribution in [2.24, 2.45) is 5.92 Å². The second kappa shape index (κ2) is 3.91. The summed E-state index contributed by atoms with van der Waals surface area (Å²) in [6, 6.07) is 0.761. The Labute approximate surface area is 70.1 Å². The average molecular weight is 153 g/mol. The minimum atomic E-state index is 0.761. The van der Waals surface area contributed by atoms with Crippen LogP contribution in [-0.4, -0.2) is 24.0 Å². The SMILES string of the molecule is C=CCN1CC[C@H](C)C[C@@H]1C. The summed E-state index contributed by atoms with van der Waals surface area (Å²) in [6.07, 6.45) is 4.72. The molecule has 1 fully saturated rings.